The molecule has 0 aromatic carbocycles. The Morgan fingerprint density at radius 1 is 0.441 bits per heavy atom. The number of carbonyl (C=O) groups excluding carboxylic acids is 9. The number of nitrogens with one attached hydrogen (secondary N) is 6. The number of likely N-dealkylation sites (tertiary alicyclic amines) is 3. The molecule has 1 unspecified atom stereocenters. The predicted molar refractivity (Wildman–Crippen MR) is 403 cm³/mol. The number of rotatable bonds is 27. The molecule has 3 fully saturated rings. The topological polar surface area (TPSA) is 449 Å². The highest BCUT2D eigenvalue weighted by molar-refractivity contribution is 6.04. The van der Waals surface area contributed by atoms with Gasteiger partial charge in [0, 0.05) is 194 Å². The van der Waals surface area contributed by atoms with Crippen molar-refractivity contribution in [1.82, 2.24) is 44.6 Å². The van der Waals surface area contributed by atoms with E-state index in [0.29, 0.717) is 223 Å². The monoisotopic (exact) mass is 1520 g/mol. The summed E-state index contributed by atoms with van der Waals surface area (Å²) >= 11 is 0. The number of nitrogens with zero attached hydrogens (tertiary/aromatic N) is 15. The molecular weight excluding hydrogens is 1430 g/mol. The van der Waals surface area contributed by atoms with Gasteiger partial charge in [-0.05, 0) is 73.4 Å². The number of aryl methyl sites for hydroxylation is 3. The summed E-state index contributed by atoms with van der Waals surface area (Å²) in [6, 6.07) is 15.2. The fraction of sp³-hybridized carbons (Fsp3) is 0.440. The van der Waals surface area contributed by atoms with Gasteiger partial charge in [-0.2, -0.15) is 15.8 Å². The van der Waals surface area contributed by atoms with E-state index in [9.17, 15) is 58.9 Å². The van der Waals surface area contributed by atoms with Gasteiger partial charge in [0.25, 0.3) is 17.7 Å². The molecule has 12 heterocycles. The fourth-order valence-electron chi connectivity index (χ4n) is 13.5. The van der Waals surface area contributed by atoms with Gasteiger partial charge in [-0.15, -0.1) is 0 Å². The Morgan fingerprint density at radius 2 is 0.721 bits per heavy atom. The van der Waals surface area contributed by atoms with Crippen LogP contribution in [-0.2, 0) is 81.7 Å². The standard InChI is InChI=1S/3C25H29N7O5/c3*1-36-9-6-27-19-11-22(28-13-18(19)12-26)30-25(35)32-7-3-4-16-10-17(20(15-33)29-23(16)32)14-31-8-5-21(37-2)24(31)34/h3*10-11,13,15,21H,3-9,14H2,1-2H3,(H2,27,28,30,35)/t2*21-;/m10./s1. The highest BCUT2D eigenvalue weighted by Gasteiger charge is 2.37. The second kappa shape index (κ2) is 39.2. The molecule has 0 radical (unpaired) electrons. The van der Waals surface area contributed by atoms with Crippen LogP contribution in [0.5, 0.6) is 0 Å². The molecular formula is C75H87N21O15. The lowest BCUT2D eigenvalue weighted by atomic mass is 10.0. The van der Waals surface area contributed by atoms with Crippen molar-refractivity contribution in [2.75, 3.05) is 168 Å². The predicted octanol–water partition coefficient (Wildman–Crippen LogP) is 5.85. The number of fused-ring (bicyclic) bond motifs is 3. The summed E-state index contributed by atoms with van der Waals surface area (Å²) in [5, 5.41) is 45.6. The lowest BCUT2D eigenvalue weighted by Crippen LogP contribution is -2.40. The average Bonchev–Trinajstić information content (AvgIpc) is 1.57. The Balaban J connectivity index is 0.000000177. The number of methoxy groups -OCH3 is 6. The molecule has 6 aliphatic rings. The number of anilines is 9. The minimum atomic E-state index is -0.462. The van der Waals surface area contributed by atoms with Crippen molar-refractivity contribution in [2.45, 2.75) is 95.7 Å². The van der Waals surface area contributed by atoms with Crippen molar-refractivity contribution in [1.29, 1.82) is 15.8 Å². The van der Waals surface area contributed by atoms with Crippen molar-refractivity contribution in [3.05, 3.63) is 122 Å². The first kappa shape index (κ1) is 81.3. The molecule has 6 N–H and O–H groups in total. The van der Waals surface area contributed by atoms with Crippen LogP contribution in [0.15, 0.2) is 55.0 Å². The molecule has 6 aliphatic heterocycles. The molecule has 582 valence electrons. The number of pyridine rings is 6. The van der Waals surface area contributed by atoms with Crippen LogP contribution in [0.2, 0.25) is 0 Å². The zero-order valence-corrected chi connectivity index (χ0v) is 62.5. The minimum Gasteiger partial charge on any atom is -0.383 e. The molecule has 6 aromatic heterocycles. The SMILES string of the molecule is COCCNc1cc(NC(=O)N2CCCc3cc(CN4CCC(OC)C4=O)c(C=O)nc32)ncc1C#N.COCCNc1cc(NC(=O)N2CCCc3cc(CN4CC[C@@H](OC)C4=O)c(C=O)nc32)ncc1C#N.COCCNc1cc(NC(=O)N2CCCc3cc(CN4CC[C@H](OC)C4=O)c(C=O)nc32)ncc1C#N. The van der Waals surface area contributed by atoms with Gasteiger partial charge >= 0.3 is 18.1 Å². The molecule has 0 saturated carbocycles. The zero-order valence-electron chi connectivity index (χ0n) is 62.5. The van der Waals surface area contributed by atoms with Crippen LogP contribution in [-0.4, -0.2) is 239 Å². The van der Waals surface area contributed by atoms with E-state index in [1.165, 1.54) is 54.6 Å². The summed E-state index contributed by atoms with van der Waals surface area (Å²) in [7, 11) is 9.27. The van der Waals surface area contributed by atoms with Gasteiger partial charge in [-0.1, -0.05) is 0 Å². The molecule has 36 heteroatoms. The number of hydrogen-bond donors (Lipinski definition) is 6. The van der Waals surface area contributed by atoms with E-state index in [-0.39, 0.29) is 71.9 Å². The van der Waals surface area contributed by atoms with E-state index in [4.69, 9.17) is 28.4 Å². The van der Waals surface area contributed by atoms with Crippen molar-refractivity contribution in [2.24, 2.45) is 0 Å². The summed E-state index contributed by atoms with van der Waals surface area (Å²) < 4.78 is 30.7. The van der Waals surface area contributed by atoms with Gasteiger partial charge in [-0.3, -0.25) is 59.4 Å². The molecule has 12 rings (SSSR count). The first-order valence-electron chi connectivity index (χ1n) is 36.0. The quantitative estimate of drug-likeness (QED) is 0.0260. The van der Waals surface area contributed by atoms with Gasteiger partial charge in [-0.25, -0.2) is 44.3 Å². The molecule has 0 aliphatic carbocycles. The van der Waals surface area contributed by atoms with Crippen LogP contribution in [0.4, 0.5) is 66.4 Å². The lowest BCUT2D eigenvalue weighted by molar-refractivity contribution is -0.137. The minimum absolute atomic E-state index is 0.107. The Bertz CT molecular complexity index is 4140. The molecule has 3 atom stereocenters. The number of nitriles is 3. The summed E-state index contributed by atoms with van der Waals surface area (Å²) in [5.41, 5.74) is 7.58. The number of ether oxygens (including phenoxy) is 6. The van der Waals surface area contributed by atoms with Crippen LogP contribution in [0.1, 0.15) is 120 Å². The maximum atomic E-state index is 13.2. The maximum absolute atomic E-state index is 13.2. The van der Waals surface area contributed by atoms with Gasteiger partial charge in [0.15, 0.2) is 18.9 Å². The summed E-state index contributed by atoms with van der Waals surface area (Å²) in [4.78, 5) is 148. The van der Waals surface area contributed by atoms with E-state index in [0.717, 1.165) is 16.7 Å². The summed E-state index contributed by atoms with van der Waals surface area (Å²) in [6.07, 6.45) is 10.7. The van der Waals surface area contributed by atoms with Crippen molar-refractivity contribution >= 4 is 107 Å². The van der Waals surface area contributed by atoms with Crippen molar-refractivity contribution < 1.29 is 71.6 Å². The number of amides is 9. The molecule has 6 aromatic rings. The number of urea groups is 3. The summed E-state index contributed by atoms with van der Waals surface area (Å²) in [5.74, 6) is 1.70. The second-order valence-corrected chi connectivity index (χ2v) is 26.2. The highest BCUT2D eigenvalue weighted by Crippen LogP contribution is 2.34. The van der Waals surface area contributed by atoms with E-state index in [1.807, 2.05) is 18.2 Å². The van der Waals surface area contributed by atoms with E-state index >= 15 is 0 Å². The van der Waals surface area contributed by atoms with Crippen LogP contribution < -0.4 is 46.6 Å². The first-order chi connectivity index (χ1) is 53.9. The number of carbonyl (C=O) groups is 9. The lowest BCUT2D eigenvalue weighted by Gasteiger charge is -2.29. The normalized spacial score (nSPS) is 16.8. The molecule has 9 amide bonds. The smallest absolute Gasteiger partial charge is 0.328 e. The van der Waals surface area contributed by atoms with Crippen molar-refractivity contribution in [3.8, 4) is 18.2 Å². The third-order valence-electron chi connectivity index (χ3n) is 19.2. The van der Waals surface area contributed by atoms with E-state index in [2.05, 4.69) is 80.0 Å². The molecule has 0 bridgehead atoms. The Kier molecular flexibility index (Phi) is 28.7. The third kappa shape index (κ3) is 19.8. The van der Waals surface area contributed by atoms with Crippen LogP contribution >= 0.6 is 0 Å². The van der Waals surface area contributed by atoms with Crippen molar-refractivity contribution in [3.63, 3.8) is 0 Å². The van der Waals surface area contributed by atoms with E-state index < -0.39 is 36.4 Å². The largest absolute Gasteiger partial charge is 0.383 e. The number of aldehydes is 3. The van der Waals surface area contributed by atoms with Crippen LogP contribution in [0, 0.1) is 34.0 Å². The van der Waals surface area contributed by atoms with Gasteiger partial charge < -0.3 is 59.1 Å². The van der Waals surface area contributed by atoms with Gasteiger partial charge in [0.2, 0.25) is 0 Å². The van der Waals surface area contributed by atoms with Crippen LogP contribution in [0.25, 0.3) is 0 Å². The first-order valence-corrected chi connectivity index (χ1v) is 36.0. The highest BCUT2D eigenvalue weighted by atomic mass is 16.5. The third-order valence-corrected chi connectivity index (χ3v) is 19.2. The fourth-order valence-corrected chi connectivity index (χ4v) is 13.5. The number of hydrogen-bond acceptors (Lipinski definition) is 27. The molecule has 36 nitrogen and oxygen atoms in total. The average molecular weight is 1520 g/mol. The Hall–Kier alpha value is -12.2. The zero-order chi connectivity index (χ0) is 79.1. The number of aromatic nitrogens is 6. The second-order valence-electron chi connectivity index (χ2n) is 26.2. The van der Waals surface area contributed by atoms with Crippen LogP contribution in [0.3, 0.4) is 0 Å². The molecule has 3 saturated heterocycles. The molecule has 111 heavy (non-hydrogen) atoms. The summed E-state index contributed by atoms with van der Waals surface area (Å²) in [6.45, 7) is 6.45. The Morgan fingerprint density at radius 3 is 0.955 bits per heavy atom. The van der Waals surface area contributed by atoms with Gasteiger partial charge in [0.05, 0.1) is 53.6 Å². The van der Waals surface area contributed by atoms with E-state index in [1.54, 1.807) is 54.2 Å². The maximum Gasteiger partial charge on any atom is 0.328 e. The Labute approximate surface area is 640 Å². The van der Waals surface area contributed by atoms with Gasteiger partial charge in [0.1, 0.15) is 88.5 Å². The molecule has 0 spiro atoms.